The van der Waals surface area contributed by atoms with Crippen LogP contribution in [0.2, 0.25) is 0 Å². The lowest BCUT2D eigenvalue weighted by Crippen LogP contribution is -2.25. The average molecular weight is 394 g/mol. The van der Waals surface area contributed by atoms with Gasteiger partial charge >= 0.3 is 0 Å². The number of aromatic nitrogens is 2. The third kappa shape index (κ3) is 4.92. The standard InChI is InChI=1S/C21H22N4O4/c1-3-19(26)22-15-8-7-11-17(12-15)29-14-20(27)23-18-13-24(2)25(21(18)28)16-9-5-4-6-10-16/h4-13H,3,14H2,1-2H3,(H,22,26)(H,23,27). The van der Waals surface area contributed by atoms with Crippen LogP contribution in [0.25, 0.3) is 5.69 Å². The second-order valence-corrected chi connectivity index (χ2v) is 6.34. The van der Waals surface area contributed by atoms with Gasteiger partial charge in [0.15, 0.2) is 6.61 Å². The summed E-state index contributed by atoms with van der Waals surface area (Å²) in [6.07, 6.45) is 1.92. The first-order valence-corrected chi connectivity index (χ1v) is 9.14. The number of rotatable bonds is 7. The molecule has 0 bridgehead atoms. The van der Waals surface area contributed by atoms with Gasteiger partial charge in [0.1, 0.15) is 11.4 Å². The van der Waals surface area contributed by atoms with Crippen LogP contribution < -0.4 is 20.9 Å². The summed E-state index contributed by atoms with van der Waals surface area (Å²) in [6.45, 7) is 1.49. The minimum atomic E-state index is -0.462. The number of para-hydroxylation sites is 1. The number of aryl methyl sites for hydroxylation is 1. The van der Waals surface area contributed by atoms with E-state index in [0.717, 1.165) is 0 Å². The quantitative estimate of drug-likeness (QED) is 0.644. The Morgan fingerprint density at radius 3 is 2.48 bits per heavy atom. The molecule has 29 heavy (non-hydrogen) atoms. The van der Waals surface area contributed by atoms with Crippen LogP contribution in [-0.2, 0) is 16.6 Å². The van der Waals surface area contributed by atoms with E-state index in [4.69, 9.17) is 4.74 Å². The fourth-order valence-electron chi connectivity index (χ4n) is 2.76. The van der Waals surface area contributed by atoms with Gasteiger partial charge in [0.25, 0.3) is 11.5 Å². The molecule has 0 aliphatic rings. The number of ether oxygens (including phenoxy) is 1. The van der Waals surface area contributed by atoms with E-state index >= 15 is 0 Å². The zero-order valence-corrected chi connectivity index (χ0v) is 16.2. The van der Waals surface area contributed by atoms with Crippen LogP contribution in [0, 0.1) is 0 Å². The molecule has 1 heterocycles. The first-order valence-electron chi connectivity index (χ1n) is 9.14. The van der Waals surface area contributed by atoms with Crippen molar-refractivity contribution in [3.8, 4) is 11.4 Å². The van der Waals surface area contributed by atoms with E-state index in [2.05, 4.69) is 10.6 Å². The number of nitrogens with zero attached hydrogens (tertiary/aromatic N) is 2. The number of hydrogen-bond acceptors (Lipinski definition) is 4. The Balaban J connectivity index is 1.64. The molecule has 2 N–H and O–H groups in total. The molecule has 0 radical (unpaired) electrons. The molecule has 0 atom stereocenters. The number of amides is 2. The van der Waals surface area contributed by atoms with Crippen LogP contribution in [0.3, 0.4) is 0 Å². The van der Waals surface area contributed by atoms with Crippen LogP contribution >= 0.6 is 0 Å². The van der Waals surface area contributed by atoms with E-state index in [-0.39, 0.29) is 23.8 Å². The van der Waals surface area contributed by atoms with Gasteiger partial charge in [0.05, 0.1) is 11.9 Å². The molecule has 3 rings (SSSR count). The van der Waals surface area contributed by atoms with Gasteiger partial charge in [0, 0.05) is 25.2 Å². The minimum Gasteiger partial charge on any atom is -0.484 e. The monoisotopic (exact) mass is 394 g/mol. The molecule has 8 heteroatoms. The van der Waals surface area contributed by atoms with Crippen molar-refractivity contribution in [1.29, 1.82) is 0 Å². The summed E-state index contributed by atoms with van der Waals surface area (Å²) in [5.74, 6) is -0.140. The predicted molar refractivity (Wildman–Crippen MR) is 110 cm³/mol. The number of nitrogens with one attached hydrogen (secondary N) is 2. The van der Waals surface area contributed by atoms with Gasteiger partial charge in [0.2, 0.25) is 5.91 Å². The molecule has 3 aromatic rings. The van der Waals surface area contributed by atoms with Crippen LogP contribution in [0.5, 0.6) is 5.75 Å². The van der Waals surface area contributed by atoms with Gasteiger partial charge in [-0.05, 0) is 24.3 Å². The van der Waals surface area contributed by atoms with Crippen molar-refractivity contribution in [3.63, 3.8) is 0 Å². The van der Waals surface area contributed by atoms with Gasteiger partial charge < -0.3 is 15.4 Å². The number of anilines is 2. The van der Waals surface area contributed by atoms with Gasteiger partial charge in [-0.2, -0.15) is 0 Å². The Kier molecular flexibility index (Phi) is 6.13. The topological polar surface area (TPSA) is 94.4 Å². The molecule has 0 spiro atoms. The molecule has 0 saturated heterocycles. The summed E-state index contributed by atoms with van der Waals surface area (Å²) in [7, 11) is 1.72. The molecule has 0 fully saturated rings. The lowest BCUT2D eigenvalue weighted by molar-refractivity contribution is -0.118. The summed E-state index contributed by atoms with van der Waals surface area (Å²) in [4.78, 5) is 36.3. The van der Waals surface area contributed by atoms with Crippen molar-refractivity contribution in [3.05, 3.63) is 71.1 Å². The van der Waals surface area contributed by atoms with E-state index in [1.54, 1.807) is 61.2 Å². The van der Waals surface area contributed by atoms with Crippen molar-refractivity contribution >= 4 is 23.2 Å². The Morgan fingerprint density at radius 2 is 1.76 bits per heavy atom. The second kappa shape index (κ2) is 8.92. The van der Waals surface area contributed by atoms with E-state index < -0.39 is 5.91 Å². The van der Waals surface area contributed by atoms with Crippen molar-refractivity contribution in [1.82, 2.24) is 9.36 Å². The van der Waals surface area contributed by atoms with Gasteiger partial charge in [-0.1, -0.05) is 31.2 Å². The van der Waals surface area contributed by atoms with Gasteiger partial charge in [-0.15, -0.1) is 0 Å². The molecule has 0 aliphatic heterocycles. The number of hydrogen-bond donors (Lipinski definition) is 2. The highest BCUT2D eigenvalue weighted by Gasteiger charge is 2.14. The molecule has 2 amide bonds. The van der Waals surface area contributed by atoms with Crippen molar-refractivity contribution < 1.29 is 14.3 Å². The lowest BCUT2D eigenvalue weighted by Gasteiger charge is -2.08. The van der Waals surface area contributed by atoms with E-state index in [1.807, 2.05) is 18.2 Å². The Bertz CT molecular complexity index is 1070. The van der Waals surface area contributed by atoms with Crippen LogP contribution in [0.15, 0.2) is 65.6 Å². The zero-order chi connectivity index (χ0) is 20.8. The molecule has 1 aromatic heterocycles. The first-order chi connectivity index (χ1) is 14.0. The van der Waals surface area contributed by atoms with E-state index in [0.29, 0.717) is 23.5 Å². The Morgan fingerprint density at radius 1 is 1.00 bits per heavy atom. The van der Waals surface area contributed by atoms with Crippen LogP contribution in [0.1, 0.15) is 13.3 Å². The van der Waals surface area contributed by atoms with E-state index in [9.17, 15) is 14.4 Å². The SMILES string of the molecule is CCC(=O)Nc1cccc(OCC(=O)Nc2cn(C)n(-c3ccccc3)c2=O)c1. The third-order valence-electron chi connectivity index (χ3n) is 4.14. The summed E-state index contributed by atoms with van der Waals surface area (Å²) >= 11 is 0. The first kappa shape index (κ1) is 19.9. The maximum absolute atomic E-state index is 12.6. The van der Waals surface area contributed by atoms with E-state index in [1.165, 1.54) is 4.68 Å². The largest absolute Gasteiger partial charge is 0.484 e. The van der Waals surface area contributed by atoms with Crippen molar-refractivity contribution in [2.75, 3.05) is 17.2 Å². The van der Waals surface area contributed by atoms with Gasteiger partial charge in [-0.25, -0.2) is 4.68 Å². The highest BCUT2D eigenvalue weighted by Crippen LogP contribution is 2.17. The van der Waals surface area contributed by atoms with Crippen molar-refractivity contribution in [2.45, 2.75) is 13.3 Å². The summed E-state index contributed by atoms with van der Waals surface area (Å²) in [5.41, 5.74) is 1.11. The molecule has 0 unspecified atom stereocenters. The van der Waals surface area contributed by atoms with Crippen LogP contribution in [-0.4, -0.2) is 27.8 Å². The third-order valence-corrected chi connectivity index (χ3v) is 4.14. The molecular formula is C21H22N4O4. The normalized spacial score (nSPS) is 10.4. The Labute approximate surface area is 167 Å². The zero-order valence-electron chi connectivity index (χ0n) is 16.2. The maximum atomic E-state index is 12.6. The summed E-state index contributed by atoms with van der Waals surface area (Å²) in [6, 6.07) is 15.9. The molecular weight excluding hydrogens is 372 g/mol. The predicted octanol–water partition coefficient (Wildman–Crippen LogP) is 2.54. The van der Waals surface area contributed by atoms with Crippen molar-refractivity contribution in [2.24, 2.45) is 7.05 Å². The summed E-state index contributed by atoms with van der Waals surface area (Å²) < 4.78 is 8.54. The summed E-state index contributed by atoms with van der Waals surface area (Å²) in [5, 5.41) is 5.30. The molecule has 0 saturated carbocycles. The fraction of sp³-hybridized carbons (Fsp3) is 0.190. The molecule has 2 aromatic carbocycles. The smallest absolute Gasteiger partial charge is 0.295 e. The molecule has 0 aliphatic carbocycles. The molecule has 150 valence electrons. The van der Waals surface area contributed by atoms with Gasteiger partial charge in [-0.3, -0.25) is 19.1 Å². The highest BCUT2D eigenvalue weighted by molar-refractivity contribution is 5.92. The highest BCUT2D eigenvalue weighted by atomic mass is 16.5. The number of benzene rings is 2. The number of carbonyl (C=O) groups excluding carboxylic acids is 2. The Hall–Kier alpha value is -3.81. The lowest BCUT2D eigenvalue weighted by atomic mass is 10.3. The second-order valence-electron chi connectivity index (χ2n) is 6.34. The maximum Gasteiger partial charge on any atom is 0.295 e. The average Bonchev–Trinajstić information content (AvgIpc) is 3.00. The fourth-order valence-corrected chi connectivity index (χ4v) is 2.76. The minimum absolute atomic E-state index is 0.112. The van der Waals surface area contributed by atoms with Crippen LogP contribution in [0.4, 0.5) is 11.4 Å². The molecule has 8 nitrogen and oxygen atoms in total. The number of carbonyl (C=O) groups is 2.